The Bertz CT molecular complexity index is 1740. The van der Waals surface area contributed by atoms with Crippen molar-refractivity contribution in [2.24, 2.45) is 29.1 Å². The molecule has 1 aromatic rings. The van der Waals surface area contributed by atoms with E-state index >= 15 is 0 Å². The van der Waals surface area contributed by atoms with Gasteiger partial charge >= 0.3 is 0 Å². The van der Waals surface area contributed by atoms with Crippen LogP contribution < -0.4 is 26.0 Å². The molecule has 9 atom stereocenters. The van der Waals surface area contributed by atoms with Crippen LogP contribution in [0.3, 0.4) is 0 Å². The molecule has 0 spiro atoms. The highest BCUT2D eigenvalue weighted by atomic mass is 35.5. The predicted molar refractivity (Wildman–Crippen MR) is 242 cm³/mol. The largest absolute Gasteiger partial charge is 0.496 e. The van der Waals surface area contributed by atoms with E-state index in [4.69, 9.17) is 21.2 Å². The fourth-order valence-electron chi connectivity index (χ4n) is 9.42. The molecule has 4 aliphatic rings. The number of likely N-dealkylation sites (N-methyl/N-ethyl adjacent to an activating group) is 1. The van der Waals surface area contributed by atoms with Crippen molar-refractivity contribution in [2.75, 3.05) is 59.9 Å². The average Bonchev–Trinajstić information content (AvgIpc) is 3.58. The normalized spacial score (nSPS) is 26.3. The van der Waals surface area contributed by atoms with Gasteiger partial charge in [-0.2, -0.15) is 5.06 Å². The zero-order valence-corrected chi connectivity index (χ0v) is 37.6. The number of carbonyl (C=O) groups is 2. The number of alkyl halides is 1. The fourth-order valence-corrected chi connectivity index (χ4v) is 9.55. The Balaban J connectivity index is 1.66. The summed E-state index contributed by atoms with van der Waals surface area (Å²) in [5, 5.41) is 36.1. The second-order valence-corrected chi connectivity index (χ2v) is 17.8. The Hall–Kier alpha value is -3.75. The van der Waals surface area contributed by atoms with Crippen molar-refractivity contribution in [1.29, 1.82) is 0 Å². The topological polar surface area (TPSA) is 148 Å². The van der Waals surface area contributed by atoms with E-state index in [0.29, 0.717) is 78.7 Å². The zero-order chi connectivity index (χ0) is 44.1. The van der Waals surface area contributed by atoms with E-state index in [0.717, 1.165) is 12.0 Å². The lowest BCUT2D eigenvalue weighted by Crippen LogP contribution is -2.62. The van der Waals surface area contributed by atoms with Gasteiger partial charge in [-0.25, -0.2) is 0 Å². The minimum Gasteiger partial charge on any atom is -0.496 e. The number of carbonyl (C=O) groups excluding carboxylic acids is 2. The highest BCUT2D eigenvalue weighted by Gasteiger charge is 2.57. The summed E-state index contributed by atoms with van der Waals surface area (Å²) in [7, 11) is 5.48. The third-order valence-corrected chi connectivity index (χ3v) is 12.9. The summed E-state index contributed by atoms with van der Waals surface area (Å²) in [6, 6.07) is 4.60. The predicted octanol–water partition coefficient (Wildman–Crippen LogP) is 4.96. The summed E-state index contributed by atoms with van der Waals surface area (Å²) in [6.45, 7) is 22.8. The number of rotatable bonds is 24. The molecule has 2 amide bonds. The molecule has 3 aliphatic carbocycles. The lowest BCUT2D eigenvalue weighted by molar-refractivity contribution is -0.183. The van der Waals surface area contributed by atoms with Gasteiger partial charge in [-0.3, -0.25) is 14.4 Å². The van der Waals surface area contributed by atoms with Crippen molar-refractivity contribution in [1.82, 2.24) is 31.2 Å². The lowest BCUT2D eigenvalue weighted by Gasteiger charge is -2.62. The van der Waals surface area contributed by atoms with Crippen LogP contribution in [0.25, 0.3) is 5.57 Å². The molecule has 0 unspecified atom stereocenters. The van der Waals surface area contributed by atoms with Gasteiger partial charge in [-0.15, -0.1) is 11.6 Å². The first kappa shape index (κ1) is 48.9. The van der Waals surface area contributed by atoms with Crippen molar-refractivity contribution in [3.63, 3.8) is 0 Å². The van der Waals surface area contributed by atoms with Crippen LogP contribution in [-0.4, -0.2) is 122 Å². The van der Waals surface area contributed by atoms with Gasteiger partial charge in [0.2, 0.25) is 5.91 Å². The molecule has 12 nitrogen and oxygen atoms in total. The Kier molecular flexibility index (Phi) is 18.7. The van der Waals surface area contributed by atoms with Gasteiger partial charge in [0.25, 0.3) is 5.91 Å². The minimum atomic E-state index is -0.930. The summed E-state index contributed by atoms with van der Waals surface area (Å²) in [5.74, 6) is 1.19. The van der Waals surface area contributed by atoms with Gasteiger partial charge in [0.1, 0.15) is 17.9 Å². The van der Waals surface area contributed by atoms with Crippen molar-refractivity contribution in [3.05, 3.63) is 96.8 Å². The number of amides is 2. The summed E-state index contributed by atoms with van der Waals surface area (Å²) >= 11 is 5.82. The number of methoxy groups -OCH3 is 1. The summed E-state index contributed by atoms with van der Waals surface area (Å²) in [4.78, 5) is 36.5. The first-order chi connectivity index (χ1) is 28.6. The van der Waals surface area contributed by atoms with Crippen LogP contribution in [0.5, 0.6) is 5.75 Å². The van der Waals surface area contributed by atoms with E-state index in [1.807, 2.05) is 55.5 Å². The van der Waals surface area contributed by atoms with Gasteiger partial charge in [-0.05, 0) is 92.9 Å². The number of hydrogen-bond donors (Lipinski definition) is 6. The maximum atomic E-state index is 14.4. The first-order valence-corrected chi connectivity index (χ1v) is 21.8. The van der Waals surface area contributed by atoms with E-state index in [1.54, 1.807) is 37.3 Å². The standard InChI is InChI=1S/C47H71ClN6O6/c1-11-14-33(12-2)24-37(28-53(8)9)51-45(57)30(3)23-34(17-19-49-21-22-50-20-18-48)38-16-13-15-35(44(38)59-10)27-54-43(42(32(5)56)41(29-55)60-54)46(58)52-40-26-36-25-39(31(40)4)47(36,6)7/h11-17,19,23,31-32,36-37,39-43,49-50,55-56H,1-3,18,20-22,24-29H2,4-10H3,(H,51,57)(H,52,58)/b19-17+,33-14+,34-23+/t31-,32-,36+,37-,39-,40-,41-,42-,43-/m0/s1. The number of hydroxylamine groups is 2. The molecule has 4 fully saturated rings. The smallest absolute Gasteiger partial charge is 0.250 e. The molecule has 1 heterocycles. The molecule has 1 saturated heterocycles. The molecule has 60 heavy (non-hydrogen) atoms. The summed E-state index contributed by atoms with van der Waals surface area (Å²) in [6.07, 6.45) is 11.7. The molecule has 1 aliphatic heterocycles. The van der Waals surface area contributed by atoms with Crippen molar-refractivity contribution in [2.45, 2.75) is 83.8 Å². The number of halogens is 1. The maximum absolute atomic E-state index is 14.4. The van der Waals surface area contributed by atoms with Gasteiger partial charge in [0.05, 0.1) is 26.4 Å². The molecule has 332 valence electrons. The third kappa shape index (κ3) is 12.2. The monoisotopic (exact) mass is 851 g/mol. The average molecular weight is 852 g/mol. The number of benzene rings is 1. The quantitative estimate of drug-likeness (QED) is 0.0365. The van der Waals surface area contributed by atoms with Crippen molar-refractivity contribution >= 4 is 29.0 Å². The van der Waals surface area contributed by atoms with Crippen molar-refractivity contribution < 1.29 is 29.4 Å². The minimum absolute atomic E-state index is 0.0112. The second-order valence-electron chi connectivity index (χ2n) is 17.4. The zero-order valence-electron chi connectivity index (χ0n) is 36.9. The highest BCUT2D eigenvalue weighted by Crippen LogP contribution is 2.61. The number of fused-ring (bicyclic) bond motifs is 2. The van der Waals surface area contributed by atoms with Gasteiger partial charge in [0, 0.05) is 66.8 Å². The third-order valence-electron chi connectivity index (χ3n) is 12.7. The van der Waals surface area contributed by atoms with E-state index in [1.165, 1.54) is 6.42 Å². The molecule has 0 aromatic heterocycles. The number of allylic oxidation sites excluding steroid dienone is 5. The number of nitrogens with zero attached hydrogens (tertiary/aromatic N) is 2. The number of para-hydroxylation sites is 1. The van der Waals surface area contributed by atoms with E-state index < -0.39 is 24.2 Å². The number of aliphatic hydroxyl groups excluding tert-OH is 2. The lowest BCUT2D eigenvalue weighted by atomic mass is 9.45. The van der Waals surface area contributed by atoms with Crippen molar-refractivity contribution in [3.8, 4) is 5.75 Å². The fraction of sp³-hybridized carbons (Fsp3) is 0.574. The summed E-state index contributed by atoms with van der Waals surface area (Å²) < 4.78 is 6.11. The number of hydrogen-bond acceptors (Lipinski definition) is 10. The Labute approximate surface area is 363 Å². The highest BCUT2D eigenvalue weighted by molar-refractivity contribution is 6.18. The van der Waals surface area contributed by atoms with Crippen LogP contribution in [0.15, 0.2) is 85.7 Å². The molecular weight excluding hydrogens is 780 g/mol. The van der Waals surface area contributed by atoms with E-state index in [2.05, 4.69) is 61.8 Å². The van der Waals surface area contributed by atoms with Crippen LogP contribution in [0.1, 0.15) is 58.1 Å². The molecule has 13 heteroatoms. The number of nitrogens with one attached hydrogen (secondary N) is 4. The van der Waals surface area contributed by atoms with Crippen LogP contribution in [0.2, 0.25) is 0 Å². The molecule has 2 bridgehead atoms. The number of aliphatic hydroxyl groups is 2. The maximum Gasteiger partial charge on any atom is 0.250 e. The molecule has 0 radical (unpaired) electrons. The molecule has 6 N–H and O–H groups in total. The van der Waals surface area contributed by atoms with E-state index in [-0.39, 0.29) is 48.0 Å². The molecule has 5 rings (SSSR count). The van der Waals surface area contributed by atoms with Gasteiger partial charge in [0.15, 0.2) is 0 Å². The second kappa shape index (κ2) is 22.9. The van der Waals surface area contributed by atoms with Crippen LogP contribution in [0.4, 0.5) is 0 Å². The van der Waals surface area contributed by atoms with Gasteiger partial charge in [-0.1, -0.05) is 76.9 Å². The van der Waals surface area contributed by atoms with Crippen LogP contribution in [0, 0.1) is 29.1 Å². The van der Waals surface area contributed by atoms with E-state index in [9.17, 15) is 19.8 Å². The molecular formula is C47H71ClN6O6. The molecule has 3 saturated carbocycles. The summed E-state index contributed by atoms with van der Waals surface area (Å²) in [5.41, 5.74) is 3.49. The Morgan fingerprint density at radius 2 is 1.93 bits per heavy atom. The van der Waals surface area contributed by atoms with Gasteiger partial charge < -0.3 is 41.1 Å². The SMILES string of the molecule is C=C/C=C(\C=C)C[C@@H](CN(C)C)NC(=O)C(=C)/C=C(\C=C\NCCNCCCl)c1cccc(CN2O[C@@H](CO)[C@H]([C@H](C)O)[C@H]2C(=O)N[C@H]2C[C@H]3C[C@@H]([C@@H]2C)C3(C)C)c1OC. The number of ether oxygens (including phenoxy) is 1. The Morgan fingerprint density at radius 3 is 2.53 bits per heavy atom. The first-order valence-electron chi connectivity index (χ1n) is 21.3. The molecule has 1 aromatic carbocycles. The van der Waals surface area contributed by atoms with Crippen LogP contribution >= 0.6 is 11.6 Å². The Morgan fingerprint density at radius 1 is 1.18 bits per heavy atom. The van der Waals surface area contributed by atoms with Crippen LogP contribution in [-0.2, 0) is 21.0 Å².